The first-order valence-corrected chi connectivity index (χ1v) is 6.89. The number of aliphatic hydroxyl groups is 1. The SMILES string of the molecule is Cc1ncc(CN(CCO)Cc2ccccc2C(F)(F)F)[nH]1. The predicted octanol–water partition coefficient (Wildman–Crippen LogP) is 2.73. The van der Waals surface area contributed by atoms with Crippen LogP contribution in [-0.4, -0.2) is 33.1 Å². The standard InChI is InChI=1S/C15H18F3N3O/c1-11-19-8-13(20-11)10-21(6-7-22)9-12-4-2-3-5-14(12)15(16,17)18/h2-5,8,22H,6-7,9-10H2,1H3,(H,19,20). The van der Waals surface area contributed by atoms with Crippen molar-refractivity contribution in [2.75, 3.05) is 13.2 Å². The summed E-state index contributed by atoms with van der Waals surface area (Å²) in [7, 11) is 0. The van der Waals surface area contributed by atoms with Gasteiger partial charge in [-0.25, -0.2) is 4.98 Å². The Morgan fingerprint density at radius 1 is 1.23 bits per heavy atom. The summed E-state index contributed by atoms with van der Waals surface area (Å²) < 4.78 is 39.1. The molecule has 4 nitrogen and oxygen atoms in total. The normalized spacial score (nSPS) is 12.1. The van der Waals surface area contributed by atoms with Crippen LogP contribution in [-0.2, 0) is 19.3 Å². The molecule has 7 heteroatoms. The topological polar surface area (TPSA) is 52.1 Å². The first-order chi connectivity index (χ1) is 10.4. The second-order valence-corrected chi connectivity index (χ2v) is 5.08. The number of nitrogens with one attached hydrogen (secondary N) is 1. The van der Waals surface area contributed by atoms with Gasteiger partial charge in [-0.3, -0.25) is 4.90 Å². The fraction of sp³-hybridized carbons (Fsp3) is 0.400. The highest BCUT2D eigenvalue weighted by atomic mass is 19.4. The maximum atomic E-state index is 13.0. The Hall–Kier alpha value is -1.86. The van der Waals surface area contributed by atoms with Gasteiger partial charge in [0.25, 0.3) is 0 Å². The molecule has 2 rings (SSSR count). The van der Waals surface area contributed by atoms with E-state index in [0.29, 0.717) is 6.54 Å². The van der Waals surface area contributed by atoms with Crippen molar-refractivity contribution in [3.05, 3.63) is 53.1 Å². The smallest absolute Gasteiger partial charge is 0.395 e. The van der Waals surface area contributed by atoms with Gasteiger partial charge in [0, 0.05) is 31.5 Å². The summed E-state index contributed by atoms with van der Waals surface area (Å²) >= 11 is 0. The van der Waals surface area contributed by atoms with Crippen molar-refractivity contribution in [3.63, 3.8) is 0 Å². The van der Waals surface area contributed by atoms with Crippen LogP contribution in [0.4, 0.5) is 13.2 Å². The number of nitrogens with zero attached hydrogens (tertiary/aromatic N) is 2. The summed E-state index contributed by atoms with van der Waals surface area (Å²) in [5.41, 5.74) is 0.355. The zero-order chi connectivity index (χ0) is 16.2. The molecule has 0 radical (unpaired) electrons. The minimum atomic E-state index is -4.38. The van der Waals surface area contributed by atoms with Gasteiger partial charge < -0.3 is 10.1 Å². The lowest BCUT2D eigenvalue weighted by Crippen LogP contribution is -2.27. The van der Waals surface area contributed by atoms with Crippen LogP contribution in [0, 0.1) is 6.92 Å². The third-order valence-electron chi connectivity index (χ3n) is 3.28. The summed E-state index contributed by atoms with van der Waals surface area (Å²) in [4.78, 5) is 8.86. The molecule has 120 valence electrons. The van der Waals surface area contributed by atoms with E-state index in [9.17, 15) is 13.2 Å². The zero-order valence-corrected chi connectivity index (χ0v) is 12.2. The van der Waals surface area contributed by atoms with Crippen molar-refractivity contribution in [3.8, 4) is 0 Å². The van der Waals surface area contributed by atoms with Gasteiger partial charge >= 0.3 is 6.18 Å². The molecule has 1 heterocycles. The number of imidazole rings is 1. The second kappa shape index (κ2) is 6.93. The largest absolute Gasteiger partial charge is 0.416 e. The number of H-pyrrole nitrogens is 1. The third kappa shape index (κ3) is 4.32. The molecule has 0 aliphatic heterocycles. The average Bonchev–Trinajstić information content (AvgIpc) is 2.84. The molecule has 0 amide bonds. The summed E-state index contributed by atoms with van der Waals surface area (Å²) in [6.07, 6.45) is -2.73. The van der Waals surface area contributed by atoms with E-state index in [1.807, 2.05) is 0 Å². The van der Waals surface area contributed by atoms with E-state index in [0.717, 1.165) is 17.6 Å². The molecule has 0 saturated heterocycles. The van der Waals surface area contributed by atoms with Crippen LogP contribution >= 0.6 is 0 Å². The number of aromatic nitrogens is 2. The summed E-state index contributed by atoms with van der Waals surface area (Å²) in [5.74, 6) is 0.745. The van der Waals surface area contributed by atoms with Crippen LogP contribution < -0.4 is 0 Å². The van der Waals surface area contributed by atoms with Crippen molar-refractivity contribution in [2.24, 2.45) is 0 Å². The van der Waals surface area contributed by atoms with Gasteiger partial charge in [-0.05, 0) is 18.6 Å². The molecule has 0 bridgehead atoms. The van der Waals surface area contributed by atoms with Crippen molar-refractivity contribution in [1.29, 1.82) is 0 Å². The Labute approximate surface area is 126 Å². The Morgan fingerprint density at radius 2 is 1.95 bits per heavy atom. The highest BCUT2D eigenvalue weighted by molar-refractivity contribution is 5.29. The van der Waals surface area contributed by atoms with Gasteiger partial charge in [-0.15, -0.1) is 0 Å². The van der Waals surface area contributed by atoms with E-state index >= 15 is 0 Å². The maximum Gasteiger partial charge on any atom is 0.416 e. The van der Waals surface area contributed by atoms with Crippen LogP contribution in [0.2, 0.25) is 0 Å². The number of rotatable bonds is 6. The summed E-state index contributed by atoms with van der Waals surface area (Å²) in [5, 5.41) is 9.14. The second-order valence-electron chi connectivity index (χ2n) is 5.08. The first kappa shape index (κ1) is 16.5. The maximum absolute atomic E-state index is 13.0. The van der Waals surface area contributed by atoms with E-state index in [-0.39, 0.29) is 25.3 Å². The minimum Gasteiger partial charge on any atom is -0.395 e. The van der Waals surface area contributed by atoms with Crippen molar-refractivity contribution < 1.29 is 18.3 Å². The fourth-order valence-electron chi connectivity index (χ4n) is 2.32. The zero-order valence-electron chi connectivity index (χ0n) is 12.2. The molecule has 2 aromatic rings. The molecule has 2 N–H and O–H groups in total. The number of hydrogen-bond acceptors (Lipinski definition) is 3. The molecule has 1 aromatic heterocycles. The Balaban J connectivity index is 2.17. The number of aliphatic hydroxyl groups excluding tert-OH is 1. The number of aromatic amines is 1. The minimum absolute atomic E-state index is 0.105. The lowest BCUT2D eigenvalue weighted by Gasteiger charge is -2.22. The molecule has 22 heavy (non-hydrogen) atoms. The molecule has 0 aliphatic rings. The van der Waals surface area contributed by atoms with Crippen molar-refractivity contribution in [2.45, 2.75) is 26.2 Å². The van der Waals surface area contributed by atoms with Crippen LogP contribution in [0.3, 0.4) is 0 Å². The van der Waals surface area contributed by atoms with Crippen molar-refractivity contribution >= 4 is 0 Å². The number of benzene rings is 1. The molecular weight excluding hydrogens is 295 g/mol. The molecule has 0 spiro atoms. The molecule has 0 saturated carbocycles. The van der Waals surface area contributed by atoms with Gasteiger partial charge in [-0.1, -0.05) is 18.2 Å². The van der Waals surface area contributed by atoms with E-state index < -0.39 is 11.7 Å². The molecule has 0 atom stereocenters. The quantitative estimate of drug-likeness (QED) is 0.862. The van der Waals surface area contributed by atoms with Crippen LogP contribution in [0.5, 0.6) is 0 Å². The number of alkyl halides is 3. The lowest BCUT2D eigenvalue weighted by atomic mass is 10.1. The molecule has 0 aliphatic carbocycles. The molecular formula is C15H18F3N3O. The third-order valence-corrected chi connectivity index (χ3v) is 3.28. The monoisotopic (exact) mass is 313 g/mol. The Morgan fingerprint density at radius 3 is 2.55 bits per heavy atom. The van der Waals surface area contributed by atoms with Gasteiger partial charge in [0.1, 0.15) is 5.82 Å². The van der Waals surface area contributed by atoms with Gasteiger partial charge in [-0.2, -0.15) is 13.2 Å². The van der Waals surface area contributed by atoms with Gasteiger partial charge in [0.15, 0.2) is 0 Å². The van der Waals surface area contributed by atoms with E-state index in [1.165, 1.54) is 12.1 Å². The fourth-order valence-corrected chi connectivity index (χ4v) is 2.32. The number of halogens is 3. The van der Waals surface area contributed by atoms with E-state index in [4.69, 9.17) is 5.11 Å². The average molecular weight is 313 g/mol. The first-order valence-electron chi connectivity index (χ1n) is 6.89. The van der Waals surface area contributed by atoms with Crippen LogP contribution in [0.1, 0.15) is 22.6 Å². The lowest BCUT2D eigenvalue weighted by molar-refractivity contribution is -0.138. The van der Waals surface area contributed by atoms with Crippen molar-refractivity contribution in [1.82, 2.24) is 14.9 Å². The highest BCUT2D eigenvalue weighted by Crippen LogP contribution is 2.32. The summed E-state index contributed by atoms with van der Waals surface area (Å²) in [6.45, 7) is 2.46. The van der Waals surface area contributed by atoms with Gasteiger partial charge in [0.05, 0.1) is 12.2 Å². The molecule has 0 unspecified atom stereocenters. The van der Waals surface area contributed by atoms with E-state index in [1.54, 1.807) is 24.1 Å². The molecule has 0 fully saturated rings. The Kier molecular flexibility index (Phi) is 5.20. The number of hydrogen-bond donors (Lipinski definition) is 2. The van der Waals surface area contributed by atoms with E-state index in [2.05, 4.69) is 9.97 Å². The summed E-state index contributed by atoms with van der Waals surface area (Å²) in [6, 6.07) is 5.50. The predicted molar refractivity (Wildman–Crippen MR) is 76.0 cm³/mol. The Bertz CT molecular complexity index is 610. The van der Waals surface area contributed by atoms with Crippen LogP contribution in [0.15, 0.2) is 30.5 Å². The van der Waals surface area contributed by atoms with Crippen LogP contribution in [0.25, 0.3) is 0 Å². The molecule has 1 aromatic carbocycles. The van der Waals surface area contributed by atoms with Gasteiger partial charge in [0.2, 0.25) is 0 Å². The highest BCUT2D eigenvalue weighted by Gasteiger charge is 2.33. The number of aryl methyl sites for hydroxylation is 1.